The predicted molar refractivity (Wildman–Crippen MR) is 68.5 cm³/mol. The van der Waals surface area contributed by atoms with Gasteiger partial charge in [-0.3, -0.25) is 9.69 Å². The molecule has 0 aromatic carbocycles. The maximum atomic E-state index is 11.2. The molecule has 106 valence electrons. The molecule has 1 aromatic heterocycles. The fourth-order valence-corrected chi connectivity index (χ4v) is 2.35. The van der Waals surface area contributed by atoms with Gasteiger partial charge in [-0.05, 0) is 26.3 Å². The Labute approximate surface area is 112 Å². The maximum absolute atomic E-state index is 11.2. The SMILES string of the molecule is CCCCc1noc(CN2CCC(C)(C(=O)O)C2)n1. The van der Waals surface area contributed by atoms with Gasteiger partial charge in [-0.1, -0.05) is 18.5 Å². The molecule has 0 amide bonds. The van der Waals surface area contributed by atoms with Gasteiger partial charge in [-0.2, -0.15) is 4.98 Å². The van der Waals surface area contributed by atoms with Crippen LogP contribution in [0, 0.1) is 5.41 Å². The average molecular weight is 267 g/mol. The Kier molecular flexibility index (Phi) is 4.19. The topological polar surface area (TPSA) is 79.5 Å². The van der Waals surface area contributed by atoms with E-state index in [4.69, 9.17) is 4.52 Å². The Morgan fingerprint density at radius 2 is 2.37 bits per heavy atom. The molecule has 1 aromatic rings. The van der Waals surface area contributed by atoms with E-state index in [1.54, 1.807) is 6.92 Å². The number of hydrogen-bond donors (Lipinski definition) is 1. The first-order chi connectivity index (χ1) is 9.03. The number of aryl methyl sites for hydroxylation is 1. The first kappa shape index (κ1) is 14.0. The minimum absolute atomic E-state index is 0.537. The third-order valence-corrected chi connectivity index (χ3v) is 3.69. The summed E-state index contributed by atoms with van der Waals surface area (Å²) in [7, 11) is 0. The van der Waals surface area contributed by atoms with Crippen LogP contribution in [0.3, 0.4) is 0 Å². The molecule has 6 nitrogen and oxygen atoms in total. The number of carboxylic acids is 1. The van der Waals surface area contributed by atoms with Gasteiger partial charge in [0.1, 0.15) is 0 Å². The normalized spacial score (nSPS) is 23.9. The summed E-state index contributed by atoms with van der Waals surface area (Å²) in [4.78, 5) is 17.6. The molecule has 0 aliphatic carbocycles. The number of aromatic nitrogens is 2. The molecule has 1 aliphatic rings. The monoisotopic (exact) mass is 267 g/mol. The van der Waals surface area contributed by atoms with Gasteiger partial charge < -0.3 is 9.63 Å². The molecule has 1 atom stereocenters. The fraction of sp³-hybridized carbons (Fsp3) is 0.769. The molecule has 0 bridgehead atoms. The summed E-state index contributed by atoms with van der Waals surface area (Å²) in [5, 5.41) is 13.1. The van der Waals surface area contributed by atoms with Gasteiger partial charge in [0.2, 0.25) is 5.89 Å². The lowest BCUT2D eigenvalue weighted by Crippen LogP contribution is -2.31. The van der Waals surface area contributed by atoms with Crippen LogP contribution in [0.2, 0.25) is 0 Å². The lowest BCUT2D eigenvalue weighted by atomic mass is 9.90. The Morgan fingerprint density at radius 1 is 1.58 bits per heavy atom. The molecular weight excluding hydrogens is 246 g/mol. The van der Waals surface area contributed by atoms with Crippen LogP contribution in [-0.4, -0.2) is 39.2 Å². The number of nitrogens with zero attached hydrogens (tertiary/aromatic N) is 3. The summed E-state index contributed by atoms with van der Waals surface area (Å²) < 4.78 is 5.20. The highest BCUT2D eigenvalue weighted by Gasteiger charge is 2.40. The Bertz CT molecular complexity index is 446. The minimum atomic E-state index is -0.732. The van der Waals surface area contributed by atoms with Crippen LogP contribution < -0.4 is 0 Å². The second-order valence-corrected chi connectivity index (χ2v) is 5.53. The third-order valence-electron chi connectivity index (χ3n) is 3.69. The Hall–Kier alpha value is -1.43. The molecule has 2 heterocycles. The quantitative estimate of drug-likeness (QED) is 0.845. The van der Waals surface area contributed by atoms with Gasteiger partial charge in [0, 0.05) is 13.0 Å². The first-order valence-corrected chi connectivity index (χ1v) is 6.81. The summed E-state index contributed by atoms with van der Waals surface area (Å²) in [6.07, 6.45) is 3.67. The summed E-state index contributed by atoms with van der Waals surface area (Å²) in [5.74, 6) is 0.599. The van der Waals surface area contributed by atoms with Crippen molar-refractivity contribution in [1.82, 2.24) is 15.0 Å². The van der Waals surface area contributed by atoms with E-state index in [9.17, 15) is 9.90 Å². The number of carboxylic acid groups (broad SMARTS) is 1. The zero-order chi connectivity index (χ0) is 13.9. The van der Waals surface area contributed by atoms with Gasteiger partial charge in [0.25, 0.3) is 0 Å². The van der Waals surface area contributed by atoms with E-state index in [0.717, 1.165) is 31.6 Å². The number of rotatable bonds is 6. The van der Waals surface area contributed by atoms with Crippen LogP contribution in [0.15, 0.2) is 4.52 Å². The molecule has 0 spiro atoms. The van der Waals surface area contributed by atoms with Crippen molar-refractivity contribution in [2.45, 2.75) is 46.1 Å². The second-order valence-electron chi connectivity index (χ2n) is 5.53. The van der Waals surface area contributed by atoms with E-state index in [1.165, 1.54) is 0 Å². The van der Waals surface area contributed by atoms with Gasteiger partial charge in [0.15, 0.2) is 5.82 Å². The van der Waals surface area contributed by atoms with Crippen molar-refractivity contribution < 1.29 is 14.4 Å². The van der Waals surface area contributed by atoms with E-state index >= 15 is 0 Å². The van der Waals surface area contributed by atoms with Crippen LogP contribution in [0.25, 0.3) is 0 Å². The molecule has 1 N–H and O–H groups in total. The maximum Gasteiger partial charge on any atom is 0.310 e. The van der Waals surface area contributed by atoms with Crippen molar-refractivity contribution in [2.75, 3.05) is 13.1 Å². The van der Waals surface area contributed by atoms with Crippen molar-refractivity contribution in [1.29, 1.82) is 0 Å². The van der Waals surface area contributed by atoms with E-state index < -0.39 is 11.4 Å². The van der Waals surface area contributed by atoms with Crippen LogP contribution in [-0.2, 0) is 17.8 Å². The highest BCUT2D eigenvalue weighted by molar-refractivity contribution is 5.74. The molecular formula is C13H21N3O3. The van der Waals surface area contributed by atoms with Crippen molar-refractivity contribution >= 4 is 5.97 Å². The fourth-order valence-electron chi connectivity index (χ4n) is 2.35. The number of aliphatic carboxylic acids is 1. The number of likely N-dealkylation sites (tertiary alicyclic amines) is 1. The molecule has 1 unspecified atom stereocenters. The standard InChI is InChI=1S/C13H21N3O3/c1-3-4-5-10-14-11(19-15-10)8-16-7-6-13(2,9-16)12(17)18/h3-9H2,1-2H3,(H,17,18). The number of unbranched alkanes of at least 4 members (excludes halogenated alkanes) is 1. The van der Waals surface area contributed by atoms with Crippen molar-refractivity contribution in [3.05, 3.63) is 11.7 Å². The molecule has 1 fully saturated rings. The van der Waals surface area contributed by atoms with Crippen molar-refractivity contribution in [3.8, 4) is 0 Å². The second kappa shape index (κ2) is 5.69. The largest absolute Gasteiger partial charge is 0.481 e. The highest BCUT2D eigenvalue weighted by Crippen LogP contribution is 2.30. The number of hydrogen-bond acceptors (Lipinski definition) is 5. The van der Waals surface area contributed by atoms with E-state index in [2.05, 4.69) is 22.0 Å². The van der Waals surface area contributed by atoms with Crippen LogP contribution >= 0.6 is 0 Å². The van der Waals surface area contributed by atoms with Crippen LogP contribution in [0.5, 0.6) is 0 Å². The average Bonchev–Trinajstić information content (AvgIpc) is 2.95. The molecule has 1 saturated heterocycles. The minimum Gasteiger partial charge on any atom is -0.481 e. The predicted octanol–water partition coefficient (Wildman–Crippen LogP) is 1.71. The lowest BCUT2D eigenvalue weighted by Gasteiger charge is -2.18. The van der Waals surface area contributed by atoms with Gasteiger partial charge in [0.05, 0.1) is 12.0 Å². The first-order valence-electron chi connectivity index (χ1n) is 6.81. The molecule has 6 heteroatoms. The van der Waals surface area contributed by atoms with Gasteiger partial charge >= 0.3 is 5.97 Å². The molecule has 19 heavy (non-hydrogen) atoms. The van der Waals surface area contributed by atoms with E-state index in [0.29, 0.717) is 25.4 Å². The number of carbonyl (C=O) groups is 1. The Balaban J connectivity index is 1.89. The van der Waals surface area contributed by atoms with E-state index in [1.807, 2.05) is 0 Å². The lowest BCUT2D eigenvalue weighted by molar-refractivity contribution is -0.147. The van der Waals surface area contributed by atoms with Crippen LogP contribution in [0.4, 0.5) is 0 Å². The van der Waals surface area contributed by atoms with Crippen molar-refractivity contribution in [3.63, 3.8) is 0 Å². The summed E-state index contributed by atoms with van der Waals surface area (Å²) in [5.41, 5.74) is -0.648. The van der Waals surface area contributed by atoms with Crippen LogP contribution in [0.1, 0.15) is 44.8 Å². The van der Waals surface area contributed by atoms with Gasteiger partial charge in [-0.15, -0.1) is 0 Å². The smallest absolute Gasteiger partial charge is 0.310 e. The molecule has 0 radical (unpaired) electrons. The summed E-state index contributed by atoms with van der Waals surface area (Å²) >= 11 is 0. The Morgan fingerprint density at radius 3 is 3.00 bits per heavy atom. The summed E-state index contributed by atoms with van der Waals surface area (Å²) in [6.45, 7) is 5.75. The summed E-state index contributed by atoms with van der Waals surface area (Å²) in [6, 6.07) is 0. The third kappa shape index (κ3) is 3.32. The molecule has 0 saturated carbocycles. The van der Waals surface area contributed by atoms with E-state index in [-0.39, 0.29) is 0 Å². The van der Waals surface area contributed by atoms with Crippen molar-refractivity contribution in [2.24, 2.45) is 5.41 Å². The zero-order valence-corrected chi connectivity index (χ0v) is 11.6. The zero-order valence-electron chi connectivity index (χ0n) is 11.6. The molecule has 1 aliphatic heterocycles. The molecule has 2 rings (SSSR count). The van der Waals surface area contributed by atoms with Gasteiger partial charge in [-0.25, -0.2) is 0 Å². The highest BCUT2D eigenvalue weighted by atomic mass is 16.5.